The van der Waals surface area contributed by atoms with E-state index in [1.807, 2.05) is 0 Å². The number of nitrogens with zero attached hydrogens (tertiary/aromatic N) is 1. The summed E-state index contributed by atoms with van der Waals surface area (Å²) in [5.74, 6) is -1.50. The van der Waals surface area contributed by atoms with Crippen molar-refractivity contribution in [2.45, 2.75) is 76.2 Å². The highest BCUT2D eigenvalue weighted by Crippen LogP contribution is 2.23. The van der Waals surface area contributed by atoms with Crippen molar-refractivity contribution in [2.75, 3.05) is 13.2 Å². The molecule has 2 aliphatic rings. The first-order valence-corrected chi connectivity index (χ1v) is 9.62. The molecule has 5 atom stereocenters. The summed E-state index contributed by atoms with van der Waals surface area (Å²) in [5.41, 5.74) is 0. The molecule has 0 saturated carbocycles. The van der Waals surface area contributed by atoms with Crippen molar-refractivity contribution in [3.8, 4) is 0 Å². The lowest BCUT2D eigenvalue weighted by Crippen LogP contribution is -2.62. The normalized spacial score (nSPS) is 29.8. The van der Waals surface area contributed by atoms with Crippen LogP contribution in [0, 0.1) is 0 Å². The number of carbonyl (C=O) groups is 4. The Labute approximate surface area is 167 Å². The van der Waals surface area contributed by atoms with E-state index in [1.54, 1.807) is 0 Å². The van der Waals surface area contributed by atoms with Crippen LogP contribution < -0.4 is 5.32 Å². The average molecular weight is 418 g/mol. The Morgan fingerprint density at radius 3 is 2.48 bits per heavy atom. The second kappa shape index (κ2) is 10.6. The molecule has 29 heavy (non-hydrogen) atoms. The molecule has 2 fully saturated rings. The van der Waals surface area contributed by atoms with Gasteiger partial charge in [-0.15, -0.1) is 0 Å². The maximum atomic E-state index is 14.2. The van der Waals surface area contributed by atoms with E-state index in [-0.39, 0.29) is 31.1 Å². The number of hydrogen-bond acceptors (Lipinski definition) is 8. The van der Waals surface area contributed by atoms with E-state index in [0.29, 0.717) is 25.8 Å². The van der Waals surface area contributed by atoms with Gasteiger partial charge in [-0.3, -0.25) is 24.1 Å². The first-order chi connectivity index (χ1) is 13.7. The van der Waals surface area contributed by atoms with Crippen LogP contribution in [0.5, 0.6) is 0 Å². The Morgan fingerprint density at radius 2 is 1.86 bits per heavy atom. The molecule has 0 aliphatic carbocycles. The Bertz CT molecular complexity index is 615. The van der Waals surface area contributed by atoms with Gasteiger partial charge in [-0.25, -0.2) is 4.39 Å². The highest BCUT2D eigenvalue weighted by atomic mass is 19.1. The molecular formula is C18H27FN2O8. The predicted molar refractivity (Wildman–Crippen MR) is 94.8 cm³/mol. The van der Waals surface area contributed by atoms with E-state index >= 15 is 0 Å². The fraction of sp³-hybridized carbons (Fsp3) is 0.778. The number of aliphatic hydroxyl groups excluding tert-OH is 2. The van der Waals surface area contributed by atoms with Crippen molar-refractivity contribution >= 4 is 23.7 Å². The Kier molecular flexibility index (Phi) is 8.47. The number of rotatable bonds is 9. The fourth-order valence-corrected chi connectivity index (χ4v) is 3.28. The second-order valence-corrected chi connectivity index (χ2v) is 7.16. The molecule has 0 spiro atoms. The van der Waals surface area contributed by atoms with Crippen molar-refractivity contribution in [1.82, 2.24) is 10.2 Å². The van der Waals surface area contributed by atoms with E-state index in [2.05, 4.69) is 5.32 Å². The summed E-state index contributed by atoms with van der Waals surface area (Å²) in [6.07, 6.45) is -4.46. The number of nitrogens with one attached hydrogen (secondary N) is 1. The summed E-state index contributed by atoms with van der Waals surface area (Å²) >= 11 is 0. The number of amides is 3. The van der Waals surface area contributed by atoms with Crippen LogP contribution in [0.25, 0.3) is 0 Å². The third kappa shape index (κ3) is 6.44. The molecule has 1 unspecified atom stereocenters. The van der Waals surface area contributed by atoms with Gasteiger partial charge in [0, 0.05) is 32.7 Å². The topological polar surface area (TPSA) is 142 Å². The highest BCUT2D eigenvalue weighted by Gasteiger charge is 2.45. The van der Waals surface area contributed by atoms with Gasteiger partial charge >= 0.3 is 5.97 Å². The number of likely N-dealkylation sites (tertiary alicyclic amines) is 1. The molecule has 2 saturated heterocycles. The maximum absolute atomic E-state index is 14.2. The van der Waals surface area contributed by atoms with Crippen LogP contribution in [0.3, 0.4) is 0 Å². The Morgan fingerprint density at radius 1 is 1.21 bits per heavy atom. The van der Waals surface area contributed by atoms with Crippen LogP contribution in [-0.4, -0.2) is 82.7 Å². The van der Waals surface area contributed by atoms with Crippen molar-refractivity contribution in [2.24, 2.45) is 0 Å². The first kappa shape index (κ1) is 23.2. The van der Waals surface area contributed by atoms with Crippen LogP contribution in [-0.2, 0) is 28.7 Å². The molecule has 2 aliphatic heterocycles. The lowest BCUT2D eigenvalue weighted by atomic mass is 9.98. The number of hydrogen-bond donors (Lipinski definition) is 3. The smallest absolute Gasteiger partial charge is 0.305 e. The number of esters is 1. The molecule has 0 bridgehead atoms. The molecule has 2 rings (SSSR count). The number of aliphatic hydroxyl groups is 2. The fourth-order valence-electron chi connectivity index (χ4n) is 3.28. The first-order valence-electron chi connectivity index (χ1n) is 9.62. The van der Waals surface area contributed by atoms with Crippen molar-refractivity contribution in [3.63, 3.8) is 0 Å². The summed E-state index contributed by atoms with van der Waals surface area (Å²) in [7, 11) is 0. The zero-order valence-corrected chi connectivity index (χ0v) is 16.2. The molecule has 0 aromatic rings. The van der Waals surface area contributed by atoms with Crippen molar-refractivity contribution in [1.29, 1.82) is 0 Å². The molecule has 3 amide bonds. The lowest BCUT2D eigenvalue weighted by Gasteiger charge is -2.39. The summed E-state index contributed by atoms with van der Waals surface area (Å²) in [4.78, 5) is 47.0. The summed E-state index contributed by atoms with van der Waals surface area (Å²) in [6.45, 7) is 0.997. The second-order valence-electron chi connectivity index (χ2n) is 7.16. The monoisotopic (exact) mass is 418 g/mol. The van der Waals surface area contributed by atoms with Crippen LogP contribution in [0.1, 0.15) is 45.4 Å². The third-order valence-corrected chi connectivity index (χ3v) is 4.87. The zero-order chi connectivity index (χ0) is 21.6. The molecule has 164 valence electrons. The van der Waals surface area contributed by atoms with Crippen LogP contribution in [0.2, 0.25) is 0 Å². The standard InChI is InChI=1S/C18H27FN2O8/c1-10(22)20-16-17(26)15(19)11(29-18(16)27)9-28-14(25)5-3-2-4-8-21-12(23)6-7-13(21)24/h11,15-18,26-27H,2-9H2,1H3,(H,20,22)/t11-,15-,16-,17+,18?/m1/s1. The highest BCUT2D eigenvalue weighted by molar-refractivity contribution is 6.01. The average Bonchev–Trinajstić information content (AvgIpc) is 2.98. The molecule has 0 aromatic carbocycles. The van der Waals surface area contributed by atoms with Gasteiger partial charge in [-0.1, -0.05) is 6.42 Å². The third-order valence-electron chi connectivity index (χ3n) is 4.87. The summed E-state index contributed by atoms with van der Waals surface area (Å²) < 4.78 is 24.2. The van der Waals surface area contributed by atoms with E-state index in [0.717, 1.165) is 6.92 Å². The molecule has 3 N–H and O–H groups in total. The Hall–Kier alpha value is -2.11. The number of carbonyl (C=O) groups excluding carboxylic acids is 4. The summed E-state index contributed by atoms with van der Waals surface area (Å²) in [6, 6.07) is -1.32. The van der Waals surface area contributed by atoms with Gasteiger partial charge in [0.05, 0.1) is 0 Å². The minimum atomic E-state index is -1.96. The number of halogens is 1. The van der Waals surface area contributed by atoms with Gasteiger partial charge in [-0.05, 0) is 12.8 Å². The molecule has 0 radical (unpaired) electrons. The number of ether oxygens (including phenoxy) is 2. The number of alkyl halides is 1. The summed E-state index contributed by atoms with van der Waals surface area (Å²) in [5, 5.41) is 21.9. The van der Waals surface area contributed by atoms with E-state index in [9.17, 15) is 33.8 Å². The van der Waals surface area contributed by atoms with Crippen LogP contribution >= 0.6 is 0 Å². The minimum Gasteiger partial charge on any atom is -0.463 e. The van der Waals surface area contributed by atoms with E-state index in [4.69, 9.17) is 9.47 Å². The lowest BCUT2D eigenvalue weighted by molar-refractivity contribution is -0.242. The van der Waals surface area contributed by atoms with Gasteiger partial charge in [0.2, 0.25) is 17.7 Å². The molecule has 10 nitrogen and oxygen atoms in total. The number of unbranched alkanes of at least 4 members (excludes halogenated alkanes) is 2. The van der Waals surface area contributed by atoms with E-state index in [1.165, 1.54) is 4.90 Å². The van der Waals surface area contributed by atoms with E-state index < -0.39 is 49.2 Å². The van der Waals surface area contributed by atoms with Gasteiger partial charge < -0.3 is 25.0 Å². The predicted octanol–water partition coefficient (Wildman–Crippen LogP) is -0.840. The van der Waals surface area contributed by atoms with Crippen molar-refractivity contribution in [3.05, 3.63) is 0 Å². The zero-order valence-electron chi connectivity index (χ0n) is 16.2. The van der Waals surface area contributed by atoms with Gasteiger partial charge in [0.25, 0.3) is 0 Å². The van der Waals surface area contributed by atoms with Crippen molar-refractivity contribution < 1.29 is 43.3 Å². The van der Waals surface area contributed by atoms with Gasteiger partial charge in [0.1, 0.15) is 24.9 Å². The quantitative estimate of drug-likeness (QED) is 0.250. The van der Waals surface area contributed by atoms with Crippen LogP contribution in [0.4, 0.5) is 4.39 Å². The molecule has 11 heteroatoms. The molecule has 2 heterocycles. The van der Waals surface area contributed by atoms with Gasteiger partial charge in [0.15, 0.2) is 12.5 Å². The van der Waals surface area contributed by atoms with Crippen LogP contribution in [0.15, 0.2) is 0 Å². The SMILES string of the molecule is CC(=O)N[C@H]1C(O)O[C@H](COC(=O)CCCCCN2C(=O)CCC2=O)[C@@H](F)[C@@H]1O. The maximum Gasteiger partial charge on any atom is 0.305 e. The Balaban J connectivity index is 1.64. The molecule has 0 aromatic heterocycles. The largest absolute Gasteiger partial charge is 0.463 e. The minimum absolute atomic E-state index is 0.0607. The molecular weight excluding hydrogens is 391 g/mol. The number of imide groups is 1. The van der Waals surface area contributed by atoms with Gasteiger partial charge in [-0.2, -0.15) is 0 Å².